The maximum atomic E-state index is 11.8. The van der Waals surface area contributed by atoms with Gasteiger partial charge < -0.3 is 5.73 Å². The summed E-state index contributed by atoms with van der Waals surface area (Å²) in [6.07, 6.45) is 1.62. The van der Waals surface area contributed by atoms with Crippen LogP contribution in [0.1, 0.15) is 5.56 Å². The fraction of sp³-hybridized carbons (Fsp3) is 0.111. The van der Waals surface area contributed by atoms with E-state index in [2.05, 4.69) is 12.6 Å². The van der Waals surface area contributed by atoms with Crippen LogP contribution >= 0.6 is 12.6 Å². The quantitative estimate of drug-likeness (QED) is 0.562. The number of nitrogen functional groups attached to an aromatic ring is 1. The van der Waals surface area contributed by atoms with E-state index in [0.29, 0.717) is 21.1 Å². The van der Waals surface area contributed by atoms with Crippen molar-refractivity contribution in [3.8, 4) is 0 Å². The monoisotopic (exact) mass is 227 g/mol. The number of rotatable bonds is 1. The maximum Gasteiger partial charge on any atom is 0.204 e. The Morgan fingerprint density at radius 3 is 2.71 bits per heavy atom. The average Bonchev–Trinajstić information content (AvgIpc) is 2.37. The summed E-state index contributed by atoms with van der Waals surface area (Å²) in [6, 6.07) is 4.78. The molecule has 0 aromatic heterocycles. The molecular weight excluding hydrogens is 218 g/mol. The van der Waals surface area contributed by atoms with Crippen molar-refractivity contribution in [2.24, 2.45) is 0 Å². The number of benzene rings is 1. The van der Waals surface area contributed by atoms with E-state index >= 15 is 0 Å². The summed E-state index contributed by atoms with van der Waals surface area (Å²) in [5, 5.41) is 0. The van der Waals surface area contributed by atoms with Gasteiger partial charge in [0.1, 0.15) is 0 Å². The minimum atomic E-state index is -3.28. The third-order valence-corrected chi connectivity index (χ3v) is 4.60. The topological polar surface area (TPSA) is 60.2 Å². The molecule has 0 radical (unpaired) electrons. The highest BCUT2D eigenvalue weighted by Gasteiger charge is 2.28. The van der Waals surface area contributed by atoms with Gasteiger partial charge >= 0.3 is 0 Å². The van der Waals surface area contributed by atoms with Crippen molar-refractivity contribution < 1.29 is 8.42 Å². The molecule has 0 spiro atoms. The van der Waals surface area contributed by atoms with Crippen LogP contribution in [0.3, 0.4) is 0 Å². The standard InChI is InChI=1S/C9H9NO2S2/c10-7-1-2-9-6(3-7)4-8(5-13)14(9,11)12/h1-4,13H,5,10H2. The Labute approximate surface area is 88.0 Å². The molecule has 0 amide bonds. The zero-order valence-corrected chi connectivity index (χ0v) is 8.98. The number of hydrogen-bond acceptors (Lipinski definition) is 4. The molecule has 0 fully saturated rings. The SMILES string of the molecule is Nc1ccc2c(c1)C=C(CS)S2(=O)=O. The Bertz CT molecular complexity index is 518. The lowest BCUT2D eigenvalue weighted by molar-refractivity contribution is 0.603. The van der Waals surface area contributed by atoms with Crippen molar-refractivity contribution in [2.45, 2.75) is 4.90 Å². The maximum absolute atomic E-state index is 11.8. The molecule has 14 heavy (non-hydrogen) atoms. The van der Waals surface area contributed by atoms with E-state index in [4.69, 9.17) is 5.73 Å². The zero-order valence-electron chi connectivity index (χ0n) is 7.27. The van der Waals surface area contributed by atoms with E-state index in [1.54, 1.807) is 18.2 Å². The predicted octanol–water partition coefficient (Wildman–Crippen LogP) is 1.33. The molecule has 0 atom stereocenters. The fourth-order valence-corrected chi connectivity index (χ4v) is 3.46. The van der Waals surface area contributed by atoms with Crippen molar-refractivity contribution in [2.75, 3.05) is 11.5 Å². The van der Waals surface area contributed by atoms with Gasteiger partial charge in [0.25, 0.3) is 0 Å². The van der Waals surface area contributed by atoms with Gasteiger partial charge in [-0.25, -0.2) is 8.42 Å². The van der Waals surface area contributed by atoms with E-state index in [-0.39, 0.29) is 5.75 Å². The molecule has 0 saturated carbocycles. The molecule has 1 aromatic rings. The summed E-state index contributed by atoms with van der Waals surface area (Å²) in [5.41, 5.74) is 6.79. The fourth-order valence-electron chi connectivity index (χ4n) is 1.45. The van der Waals surface area contributed by atoms with Gasteiger partial charge in [0, 0.05) is 11.4 Å². The average molecular weight is 227 g/mol. The molecule has 0 bridgehead atoms. The normalized spacial score (nSPS) is 17.6. The first-order valence-corrected chi connectivity index (χ1v) is 6.13. The van der Waals surface area contributed by atoms with Gasteiger partial charge in [0.2, 0.25) is 9.84 Å². The molecule has 3 nitrogen and oxygen atoms in total. The molecular formula is C9H9NO2S2. The Morgan fingerprint density at radius 1 is 1.36 bits per heavy atom. The Hall–Kier alpha value is -0.940. The van der Waals surface area contributed by atoms with Crippen LogP contribution in [0.15, 0.2) is 28.0 Å². The van der Waals surface area contributed by atoms with Gasteiger partial charge in [-0.2, -0.15) is 12.6 Å². The number of nitrogens with two attached hydrogens (primary N) is 1. The van der Waals surface area contributed by atoms with Crippen LogP contribution in [0.25, 0.3) is 6.08 Å². The summed E-state index contributed by atoms with van der Waals surface area (Å²) in [5.74, 6) is 0.219. The van der Waals surface area contributed by atoms with Gasteiger partial charge in [-0.3, -0.25) is 0 Å². The van der Waals surface area contributed by atoms with Crippen LogP contribution in [0.5, 0.6) is 0 Å². The first-order valence-electron chi connectivity index (χ1n) is 4.02. The summed E-state index contributed by atoms with van der Waals surface area (Å²) in [4.78, 5) is 0.664. The molecule has 1 aromatic carbocycles. The summed E-state index contributed by atoms with van der Waals surface area (Å²) >= 11 is 3.98. The largest absolute Gasteiger partial charge is 0.399 e. The number of fused-ring (bicyclic) bond motifs is 1. The molecule has 1 heterocycles. The summed E-state index contributed by atoms with van der Waals surface area (Å²) < 4.78 is 23.5. The summed E-state index contributed by atoms with van der Waals surface area (Å²) in [7, 11) is -3.28. The highest BCUT2D eigenvalue weighted by molar-refractivity contribution is 7.97. The second-order valence-electron chi connectivity index (χ2n) is 3.07. The number of sulfone groups is 1. The smallest absolute Gasteiger partial charge is 0.204 e. The molecule has 2 rings (SSSR count). The summed E-state index contributed by atoms with van der Waals surface area (Å²) in [6.45, 7) is 0. The first-order chi connectivity index (χ1) is 6.55. The molecule has 0 unspecified atom stereocenters. The lowest BCUT2D eigenvalue weighted by atomic mass is 10.2. The van der Waals surface area contributed by atoms with E-state index in [9.17, 15) is 8.42 Å². The third-order valence-electron chi connectivity index (χ3n) is 2.14. The molecule has 1 aliphatic heterocycles. The number of hydrogen-bond donors (Lipinski definition) is 2. The Kier molecular flexibility index (Phi) is 2.08. The Balaban J connectivity index is 2.71. The van der Waals surface area contributed by atoms with Gasteiger partial charge in [0.05, 0.1) is 9.80 Å². The van der Waals surface area contributed by atoms with Crippen molar-refractivity contribution in [1.29, 1.82) is 0 Å². The zero-order chi connectivity index (χ0) is 10.3. The molecule has 74 valence electrons. The molecule has 2 N–H and O–H groups in total. The van der Waals surface area contributed by atoms with Crippen molar-refractivity contribution in [1.82, 2.24) is 0 Å². The lowest BCUT2D eigenvalue weighted by Crippen LogP contribution is -2.01. The van der Waals surface area contributed by atoms with Crippen molar-refractivity contribution >= 4 is 34.2 Å². The van der Waals surface area contributed by atoms with Crippen LogP contribution < -0.4 is 5.73 Å². The van der Waals surface area contributed by atoms with Crippen LogP contribution in [0.2, 0.25) is 0 Å². The number of thiol groups is 1. The lowest BCUT2D eigenvalue weighted by Gasteiger charge is -2.00. The molecule has 1 aliphatic rings. The predicted molar refractivity (Wildman–Crippen MR) is 59.9 cm³/mol. The van der Waals surface area contributed by atoms with Crippen LogP contribution in [-0.2, 0) is 9.84 Å². The van der Waals surface area contributed by atoms with E-state index < -0.39 is 9.84 Å². The molecule has 5 heteroatoms. The highest BCUT2D eigenvalue weighted by atomic mass is 32.2. The van der Waals surface area contributed by atoms with Crippen LogP contribution in [0.4, 0.5) is 5.69 Å². The first kappa shape index (κ1) is 9.61. The van der Waals surface area contributed by atoms with E-state index in [1.807, 2.05) is 0 Å². The van der Waals surface area contributed by atoms with Gasteiger partial charge in [-0.15, -0.1) is 0 Å². The number of anilines is 1. The van der Waals surface area contributed by atoms with Crippen LogP contribution in [0, 0.1) is 0 Å². The van der Waals surface area contributed by atoms with Gasteiger partial charge in [-0.05, 0) is 29.8 Å². The Morgan fingerprint density at radius 2 is 2.07 bits per heavy atom. The van der Waals surface area contributed by atoms with E-state index in [0.717, 1.165) is 0 Å². The van der Waals surface area contributed by atoms with Crippen molar-refractivity contribution in [3.05, 3.63) is 28.7 Å². The minimum Gasteiger partial charge on any atom is -0.399 e. The van der Waals surface area contributed by atoms with Gasteiger partial charge in [-0.1, -0.05) is 0 Å². The second kappa shape index (κ2) is 3.03. The van der Waals surface area contributed by atoms with Gasteiger partial charge in [0.15, 0.2) is 0 Å². The van der Waals surface area contributed by atoms with Crippen LogP contribution in [-0.4, -0.2) is 14.2 Å². The van der Waals surface area contributed by atoms with E-state index in [1.165, 1.54) is 6.07 Å². The molecule has 0 saturated heterocycles. The molecule has 0 aliphatic carbocycles. The second-order valence-corrected chi connectivity index (χ2v) is 5.36. The van der Waals surface area contributed by atoms with Crippen molar-refractivity contribution in [3.63, 3.8) is 0 Å². The third kappa shape index (κ3) is 1.24. The highest BCUT2D eigenvalue weighted by Crippen LogP contribution is 2.34. The minimum absolute atomic E-state index is 0.219.